The highest BCUT2D eigenvalue weighted by Gasteiger charge is 2.24. The molecule has 0 bridgehead atoms. The Labute approximate surface area is 109 Å². The fourth-order valence-electron chi connectivity index (χ4n) is 2.11. The molecule has 0 fully saturated rings. The topological polar surface area (TPSA) is 86.2 Å². The molecule has 18 heavy (non-hydrogen) atoms. The minimum absolute atomic E-state index is 0.0618. The van der Waals surface area contributed by atoms with Crippen molar-refractivity contribution in [1.82, 2.24) is 10.4 Å². The van der Waals surface area contributed by atoms with E-state index in [9.17, 15) is 0 Å². The van der Waals surface area contributed by atoms with Crippen molar-refractivity contribution >= 4 is 5.82 Å². The van der Waals surface area contributed by atoms with E-state index in [1.807, 2.05) is 19.1 Å². The van der Waals surface area contributed by atoms with Gasteiger partial charge in [-0.25, -0.2) is 4.98 Å². The maximum Gasteiger partial charge on any atom is 0.123 e. The highest BCUT2D eigenvalue weighted by Crippen LogP contribution is 2.16. The molecule has 0 aliphatic carbocycles. The second-order valence-electron chi connectivity index (χ2n) is 4.73. The first kappa shape index (κ1) is 14.9. The first-order chi connectivity index (χ1) is 8.58. The fraction of sp³-hybridized carbons (Fsp3) is 0.615. The van der Waals surface area contributed by atoms with Crippen LogP contribution < -0.4 is 17.0 Å². The number of aromatic nitrogens is 1. The first-order valence-electron chi connectivity index (χ1n) is 6.36. The summed E-state index contributed by atoms with van der Waals surface area (Å²) in [5, 5.41) is 0. The van der Waals surface area contributed by atoms with Gasteiger partial charge in [-0.05, 0) is 37.0 Å². The van der Waals surface area contributed by atoms with Crippen LogP contribution in [-0.4, -0.2) is 23.7 Å². The van der Waals surface area contributed by atoms with Crippen molar-refractivity contribution in [3.8, 4) is 0 Å². The molecule has 0 spiro atoms. The Morgan fingerprint density at radius 2 is 2.17 bits per heavy atom. The number of hydrogen-bond acceptors (Lipinski definition) is 5. The molecule has 0 amide bonds. The number of ether oxygens (including phenoxy) is 1. The highest BCUT2D eigenvalue weighted by molar-refractivity contribution is 5.32. The Kier molecular flexibility index (Phi) is 6.04. The molecule has 102 valence electrons. The molecule has 0 aliphatic heterocycles. The lowest BCUT2D eigenvalue weighted by Crippen LogP contribution is -2.48. The molecule has 1 rings (SSSR count). The normalized spacial score (nSPS) is 14.7. The largest absolute Gasteiger partial charge is 0.384 e. The molecule has 0 aliphatic rings. The van der Waals surface area contributed by atoms with Crippen LogP contribution >= 0.6 is 0 Å². The Morgan fingerprint density at radius 3 is 2.67 bits per heavy atom. The lowest BCUT2D eigenvalue weighted by Gasteiger charge is -2.29. The van der Waals surface area contributed by atoms with E-state index in [1.165, 1.54) is 0 Å². The average molecular weight is 252 g/mol. The zero-order chi connectivity index (χ0) is 13.5. The van der Waals surface area contributed by atoms with Crippen LogP contribution in [0.5, 0.6) is 0 Å². The first-order valence-corrected chi connectivity index (χ1v) is 6.36. The van der Waals surface area contributed by atoms with Crippen molar-refractivity contribution in [1.29, 1.82) is 0 Å². The summed E-state index contributed by atoms with van der Waals surface area (Å²) in [6.07, 6.45) is 2.56. The summed E-state index contributed by atoms with van der Waals surface area (Å²) in [5.74, 6) is 6.57. The van der Waals surface area contributed by atoms with Gasteiger partial charge in [0.15, 0.2) is 0 Å². The van der Waals surface area contributed by atoms with Crippen LogP contribution in [0, 0.1) is 5.92 Å². The molecule has 1 aromatic rings. The highest BCUT2D eigenvalue weighted by atomic mass is 16.5. The molecule has 0 aromatic carbocycles. The van der Waals surface area contributed by atoms with Gasteiger partial charge >= 0.3 is 0 Å². The van der Waals surface area contributed by atoms with Crippen LogP contribution in [0.4, 0.5) is 5.82 Å². The van der Waals surface area contributed by atoms with Crippen molar-refractivity contribution in [2.75, 3.05) is 12.3 Å². The number of nitrogens with one attached hydrogen (secondary N) is 1. The molecule has 0 radical (unpaired) electrons. The van der Waals surface area contributed by atoms with Gasteiger partial charge in [-0.1, -0.05) is 13.8 Å². The van der Waals surface area contributed by atoms with Crippen molar-refractivity contribution in [2.24, 2.45) is 11.8 Å². The number of nitrogens with two attached hydrogens (primary N) is 2. The van der Waals surface area contributed by atoms with E-state index in [4.69, 9.17) is 16.3 Å². The number of hydrazine groups is 1. The summed E-state index contributed by atoms with van der Waals surface area (Å²) >= 11 is 0. The molecule has 1 heterocycles. The van der Waals surface area contributed by atoms with Crippen LogP contribution in [0.1, 0.15) is 26.3 Å². The van der Waals surface area contributed by atoms with E-state index in [-0.39, 0.29) is 12.1 Å². The van der Waals surface area contributed by atoms with E-state index in [1.54, 1.807) is 6.20 Å². The number of nitrogen functional groups attached to an aromatic ring is 1. The Hall–Kier alpha value is -1.17. The Balaban J connectivity index is 2.76. The zero-order valence-electron chi connectivity index (χ0n) is 11.4. The maximum absolute atomic E-state index is 5.77. The quantitative estimate of drug-likeness (QED) is 0.500. The second kappa shape index (κ2) is 7.31. The third-order valence-corrected chi connectivity index (χ3v) is 2.93. The summed E-state index contributed by atoms with van der Waals surface area (Å²) in [5.41, 5.74) is 9.63. The van der Waals surface area contributed by atoms with Gasteiger partial charge in [0, 0.05) is 12.8 Å². The molecule has 5 heteroatoms. The van der Waals surface area contributed by atoms with E-state index < -0.39 is 0 Å². The molecular formula is C13H24N4O. The summed E-state index contributed by atoms with van der Waals surface area (Å²) in [6, 6.07) is 3.88. The van der Waals surface area contributed by atoms with Gasteiger partial charge in [0.25, 0.3) is 0 Å². The second-order valence-corrected chi connectivity index (χ2v) is 4.73. The predicted molar refractivity (Wildman–Crippen MR) is 73.7 cm³/mol. The Morgan fingerprint density at radius 1 is 1.44 bits per heavy atom. The molecule has 5 nitrogen and oxygen atoms in total. The smallest absolute Gasteiger partial charge is 0.123 e. The molecule has 0 saturated carbocycles. The molecule has 1 aromatic heterocycles. The van der Waals surface area contributed by atoms with Crippen molar-refractivity contribution < 1.29 is 4.74 Å². The van der Waals surface area contributed by atoms with Crippen LogP contribution in [0.25, 0.3) is 0 Å². The molecule has 2 atom stereocenters. The van der Waals surface area contributed by atoms with E-state index >= 15 is 0 Å². The predicted octanol–water partition coefficient (Wildman–Crippen LogP) is 1.10. The van der Waals surface area contributed by atoms with Gasteiger partial charge in [0.05, 0.1) is 12.1 Å². The summed E-state index contributed by atoms with van der Waals surface area (Å²) in [4.78, 5) is 3.98. The Bertz CT molecular complexity index is 357. The van der Waals surface area contributed by atoms with Crippen molar-refractivity contribution in [2.45, 2.75) is 39.3 Å². The van der Waals surface area contributed by atoms with Gasteiger partial charge in [0.1, 0.15) is 5.82 Å². The van der Waals surface area contributed by atoms with Gasteiger partial charge in [0.2, 0.25) is 0 Å². The monoisotopic (exact) mass is 252 g/mol. The number of nitrogens with zero attached hydrogens (tertiary/aromatic N) is 1. The number of pyridine rings is 1. The van der Waals surface area contributed by atoms with E-state index in [0.717, 1.165) is 12.0 Å². The van der Waals surface area contributed by atoms with Gasteiger partial charge in [-0.2, -0.15) is 0 Å². The summed E-state index contributed by atoms with van der Waals surface area (Å²) in [6.45, 7) is 6.93. The maximum atomic E-state index is 5.77. The minimum Gasteiger partial charge on any atom is -0.384 e. The van der Waals surface area contributed by atoms with Crippen LogP contribution in [-0.2, 0) is 11.2 Å². The van der Waals surface area contributed by atoms with Gasteiger partial charge in [-0.3, -0.25) is 11.3 Å². The van der Waals surface area contributed by atoms with Gasteiger partial charge in [-0.15, -0.1) is 0 Å². The number of hydrogen-bond donors (Lipinski definition) is 3. The third-order valence-electron chi connectivity index (χ3n) is 2.93. The fourth-order valence-corrected chi connectivity index (χ4v) is 2.11. The lowest BCUT2D eigenvalue weighted by molar-refractivity contribution is 0.00355. The molecule has 5 N–H and O–H groups in total. The number of anilines is 1. The van der Waals surface area contributed by atoms with Crippen LogP contribution in [0.2, 0.25) is 0 Å². The summed E-state index contributed by atoms with van der Waals surface area (Å²) in [7, 11) is 0. The number of rotatable bonds is 7. The van der Waals surface area contributed by atoms with Crippen LogP contribution in [0.3, 0.4) is 0 Å². The summed E-state index contributed by atoms with van der Waals surface area (Å²) < 4.78 is 5.77. The SMILES string of the molecule is CCOC(C(C)C)C(Cc1ccnc(N)c1)NN. The standard InChI is InChI=1S/C13H24N4O/c1-4-18-13(9(2)3)11(17-15)7-10-5-6-16-12(14)8-10/h5-6,8-9,11,13,17H,4,7,15H2,1-3H3,(H2,14,16). The van der Waals surface area contributed by atoms with Gasteiger partial charge < -0.3 is 10.5 Å². The molecular weight excluding hydrogens is 228 g/mol. The van der Waals surface area contributed by atoms with Crippen molar-refractivity contribution in [3.05, 3.63) is 23.9 Å². The third kappa shape index (κ3) is 4.25. The van der Waals surface area contributed by atoms with Crippen LogP contribution in [0.15, 0.2) is 18.3 Å². The lowest BCUT2D eigenvalue weighted by atomic mass is 9.94. The van der Waals surface area contributed by atoms with E-state index in [2.05, 4.69) is 24.3 Å². The molecule has 2 unspecified atom stereocenters. The van der Waals surface area contributed by atoms with Crippen molar-refractivity contribution in [3.63, 3.8) is 0 Å². The average Bonchev–Trinajstić information content (AvgIpc) is 2.33. The van der Waals surface area contributed by atoms with E-state index in [0.29, 0.717) is 18.3 Å². The zero-order valence-corrected chi connectivity index (χ0v) is 11.4. The molecule has 0 saturated heterocycles. The minimum atomic E-state index is 0.0618.